The number of benzene rings is 2. The summed E-state index contributed by atoms with van der Waals surface area (Å²) in [5.74, 6) is 0.248. The summed E-state index contributed by atoms with van der Waals surface area (Å²) in [6.07, 6.45) is -5.25. The van der Waals surface area contributed by atoms with Gasteiger partial charge in [-0.3, -0.25) is 4.79 Å². The lowest BCUT2D eigenvalue weighted by atomic mass is 10.0. The molecule has 0 saturated heterocycles. The second-order valence-electron chi connectivity index (χ2n) is 8.37. The minimum absolute atomic E-state index is 0.0674. The first-order chi connectivity index (χ1) is 17.7. The lowest BCUT2D eigenvalue weighted by Crippen LogP contribution is -2.30. The number of rotatable bonds is 9. The highest BCUT2D eigenvalue weighted by Crippen LogP contribution is 2.31. The first-order valence-electron chi connectivity index (χ1n) is 11.6. The number of halogens is 3. The van der Waals surface area contributed by atoms with Gasteiger partial charge in [-0.15, -0.1) is 10.2 Å². The molecular formula is C25H25F3N8O. The molecule has 2 N–H and O–H groups in total. The van der Waals surface area contributed by atoms with Crippen LogP contribution in [0.4, 0.5) is 24.9 Å². The average Bonchev–Trinajstić information content (AvgIpc) is 3.40. The summed E-state index contributed by atoms with van der Waals surface area (Å²) in [6.45, 7) is 3.59. The van der Waals surface area contributed by atoms with Crippen LogP contribution < -0.4 is 10.2 Å². The molecule has 4 rings (SSSR count). The zero-order valence-electron chi connectivity index (χ0n) is 20.3. The summed E-state index contributed by atoms with van der Waals surface area (Å²) in [6, 6.07) is 16.3. The second-order valence-corrected chi connectivity index (χ2v) is 8.37. The molecule has 192 valence electrons. The van der Waals surface area contributed by atoms with Crippen molar-refractivity contribution in [3.05, 3.63) is 65.7 Å². The van der Waals surface area contributed by atoms with E-state index < -0.39 is 12.6 Å². The normalized spacial score (nSPS) is 11.4. The summed E-state index contributed by atoms with van der Waals surface area (Å²) in [4.78, 5) is 23.2. The maximum atomic E-state index is 13.0. The highest BCUT2D eigenvalue weighted by molar-refractivity contribution is 5.92. The molecule has 0 bridgehead atoms. The van der Waals surface area contributed by atoms with Crippen LogP contribution in [0.1, 0.15) is 24.5 Å². The van der Waals surface area contributed by atoms with Crippen molar-refractivity contribution in [3.8, 4) is 22.6 Å². The molecule has 0 aliphatic carbocycles. The van der Waals surface area contributed by atoms with E-state index in [1.807, 2.05) is 31.2 Å². The number of anilines is 2. The Bertz CT molecular complexity index is 1340. The Morgan fingerprint density at radius 1 is 1.05 bits per heavy atom. The molecule has 9 nitrogen and oxygen atoms in total. The van der Waals surface area contributed by atoms with E-state index in [9.17, 15) is 18.0 Å². The molecule has 37 heavy (non-hydrogen) atoms. The third-order valence-corrected chi connectivity index (χ3v) is 5.59. The predicted octanol–water partition coefficient (Wildman–Crippen LogP) is 4.59. The van der Waals surface area contributed by atoms with Crippen LogP contribution in [0, 0.1) is 6.92 Å². The number of amides is 1. The third-order valence-electron chi connectivity index (χ3n) is 5.59. The van der Waals surface area contributed by atoms with Crippen molar-refractivity contribution in [3.63, 3.8) is 0 Å². The molecule has 0 unspecified atom stereocenters. The number of hydrogen-bond acceptors (Lipinski definition) is 7. The van der Waals surface area contributed by atoms with Gasteiger partial charge in [0.25, 0.3) is 0 Å². The van der Waals surface area contributed by atoms with Crippen LogP contribution in [0.25, 0.3) is 22.6 Å². The Morgan fingerprint density at radius 3 is 2.43 bits per heavy atom. The van der Waals surface area contributed by atoms with Crippen molar-refractivity contribution in [1.29, 1.82) is 0 Å². The third kappa shape index (κ3) is 6.87. The maximum Gasteiger partial charge on any atom is 0.390 e. The first-order valence-corrected chi connectivity index (χ1v) is 11.6. The Balaban J connectivity index is 1.71. The SMILES string of the molecule is CCN(CCC(F)(F)F)c1nc(NC(=O)Cc2ccc(C)cc2)cc(-c2ccccc2-c2nn[nH]n2)n1. The molecule has 2 heterocycles. The van der Waals surface area contributed by atoms with Gasteiger partial charge in [0.15, 0.2) is 0 Å². The molecule has 0 spiro atoms. The van der Waals surface area contributed by atoms with E-state index in [0.717, 1.165) is 11.1 Å². The summed E-state index contributed by atoms with van der Waals surface area (Å²) >= 11 is 0. The van der Waals surface area contributed by atoms with Crippen molar-refractivity contribution in [2.45, 2.75) is 32.9 Å². The highest BCUT2D eigenvalue weighted by Gasteiger charge is 2.28. The summed E-state index contributed by atoms with van der Waals surface area (Å²) in [7, 11) is 0. The van der Waals surface area contributed by atoms with Crippen molar-refractivity contribution in [1.82, 2.24) is 30.6 Å². The van der Waals surface area contributed by atoms with Crippen LogP contribution in [0.3, 0.4) is 0 Å². The van der Waals surface area contributed by atoms with E-state index >= 15 is 0 Å². The molecule has 0 fully saturated rings. The Morgan fingerprint density at radius 2 is 1.78 bits per heavy atom. The number of aromatic nitrogens is 6. The van der Waals surface area contributed by atoms with Gasteiger partial charge >= 0.3 is 6.18 Å². The van der Waals surface area contributed by atoms with E-state index in [1.165, 1.54) is 4.90 Å². The minimum atomic E-state index is -4.33. The lowest BCUT2D eigenvalue weighted by molar-refractivity contribution is -0.132. The number of aromatic amines is 1. The van der Waals surface area contributed by atoms with Gasteiger partial charge < -0.3 is 10.2 Å². The van der Waals surface area contributed by atoms with E-state index in [-0.39, 0.29) is 37.2 Å². The standard InChI is InChI=1S/C25H25F3N8O/c1-3-36(13-12-25(26,27)28)24-29-20(18-6-4-5-7-19(18)23-32-34-35-33-23)15-21(31-24)30-22(37)14-17-10-8-16(2)9-11-17/h4-11,15H,3,12-14H2,1-2H3,(H,29,30,31,37)(H,32,33,34,35). The Labute approximate surface area is 211 Å². The Hall–Kier alpha value is -4.35. The number of carbonyl (C=O) groups is 1. The zero-order valence-corrected chi connectivity index (χ0v) is 20.3. The first kappa shape index (κ1) is 25.7. The quantitative estimate of drug-likeness (QED) is 0.339. The summed E-state index contributed by atoms with van der Waals surface area (Å²) in [5, 5.41) is 16.8. The molecule has 12 heteroatoms. The summed E-state index contributed by atoms with van der Waals surface area (Å²) in [5.41, 5.74) is 3.50. The van der Waals surface area contributed by atoms with Gasteiger partial charge in [0.1, 0.15) is 5.82 Å². The van der Waals surface area contributed by atoms with Crippen LogP contribution in [0.15, 0.2) is 54.6 Å². The number of nitrogens with one attached hydrogen (secondary N) is 2. The second kappa shape index (κ2) is 11.1. The molecular weight excluding hydrogens is 485 g/mol. The van der Waals surface area contributed by atoms with Crippen molar-refractivity contribution < 1.29 is 18.0 Å². The molecule has 0 saturated carbocycles. The smallest absolute Gasteiger partial charge is 0.341 e. The monoisotopic (exact) mass is 510 g/mol. The molecule has 2 aromatic carbocycles. The van der Waals surface area contributed by atoms with Crippen LogP contribution in [0.5, 0.6) is 0 Å². The van der Waals surface area contributed by atoms with E-state index in [0.29, 0.717) is 22.6 Å². The number of nitrogens with zero attached hydrogens (tertiary/aromatic N) is 6. The highest BCUT2D eigenvalue weighted by atomic mass is 19.4. The number of H-pyrrole nitrogens is 1. The van der Waals surface area contributed by atoms with Crippen LogP contribution in [0.2, 0.25) is 0 Å². The maximum absolute atomic E-state index is 13.0. The molecule has 0 aliphatic heterocycles. The van der Waals surface area contributed by atoms with E-state index in [4.69, 9.17) is 0 Å². The Kier molecular flexibility index (Phi) is 7.75. The van der Waals surface area contributed by atoms with Crippen molar-refractivity contribution >= 4 is 17.7 Å². The molecule has 0 aliphatic rings. The molecule has 0 radical (unpaired) electrons. The van der Waals surface area contributed by atoms with Gasteiger partial charge in [0.2, 0.25) is 17.7 Å². The molecule has 4 aromatic rings. The number of aryl methyl sites for hydroxylation is 1. The van der Waals surface area contributed by atoms with E-state index in [2.05, 4.69) is 35.9 Å². The fourth-order valence-electron chi connectivity index (χ4n) is 3.69. The molecule has 0 atom stereocenters. The average molecular weight is 511 g/mol. The fourth-order valence-corrected chi connectivity index (χ4v) is 3.69. The van der Waals surface area contributed by atoms with Crippen LogP contribution in [-0.2, 0) is 11.2 Å². The van der Waals surface area contributed by atoms with Gasteiger partial charge in [0, 0.05) is 30.3 Å². The van der Waals surface area contributed by atoms with Crippen molar-refractivity contribution in [2.24, 2.45) is 0 Å². The topological polar surface area (TPSA) is 113 Å². The minimum Gasteiger partial charge on any atom is -0.341 e. The zero-order chi connectivity index (χ0) is 26.4. The largest absolute Gasteiger partial charge is 0.390 e. The van der Waals surface area contributed by atoms with Crippen LogP contribution >= 0.6 is 0 Å². The lowest BCUT2D eigenvalue weighted by Gasteiger charge is -2.23. The van der Waals surface area contributed by atoms with Crippen molar-refractivity contribution in [2.75, 3.05) is 23.3 Å². The molecule has 1 amide bonds. The van der Waals surface area contributed by atoms with Gasteiger partial charge in [-0.05, 0) is 24.6 Å². The number of hydrogen-bond donors (Lipinski definition) is 2. The van der Waals surface area contributed by atoms with E-state index in [1.54, 1.807) is 37.3 Å². The van der Waals surface area contributed by atoms with Gasteiger partial charge in [0.05, 0.1) is 18.5 Å². The van der Waals surface area contributed by atoms with Crippen LogP contribution in [-0.4, -0.2) is 55.8 Å². The summed E-state index contributed by atoms with van der Waals surface area (Å²) < 4.78 is 38.9. The van der Waals surface area contributed by atoms with Gasteiger partial charge in [-0.1, -0.05) is 54.1 Å². The number of alkyl halides is 3. The predicted molar refractivity (Wildman–Crippen MR) is 133 cm³/mol. The van der Waals surface area contributed by atoms with Gasteiger partial charge in [-0.2, -0.15) is 23.4 Å². The number of carbonyl (C=O) groups excluding carboxylic acids is 1. The fraction of sp³-hybridized carbons (Fsp3) is 0.280. The molecule has 2 aromatic heterocycles. The van der Waals surface area contributed by atoms with Gasteiger partial charge in [-0.25, -0.2) is 4.98 Å². The number of tetrazole rings is 1.